The van der Waals surface area contributed by atoms with E-state index in [4.69, 9.17) is 15.8 Å². The largest absolute Gasteiger partial charge is 0.409 e. The molecule has 0 aromatic carbocycles. The highest BCUT2D eigenvalue weighted by Gasteiger charge is 2.18. The van der Waals surface area contributed by atoms with E-state index in [-0.39, 0.29) is 18.2 Å². The van der Waals surface area contributed by atoms with Crippen LogP contribution in [0.4, 0.5) is 0 Å². The summed E-state index contributed by atoms with van der Waals surface area (Å²) in [6.45, 7) is 1.80. The monoisotopic (exact) mass is 180 g/mol. The molecular formula is C5H13N2O3P. The molecule has 0 saturated heterocycles. The molecule has 0 spiro atoms. The normalized spacial score (nSPS) is 17.8. The average Bonchev–Trinajstić information content (AvgIpc) is 1.86. The summed E-state index contributed by atoms with van der Waals surface area (Å²) >= 11 is 0. The fourth-order valence-corrected chi connectivity index (χ4v) is 2.14. The molecule has 1 atom stereocenters. The van der Waals surface area contributed by atoms with E-state index in [1.807, 2.05) is 0 Å². The predicted octanol–water partition coefficient (Wildman–Crippen LogP) is 0.413. The van der Waals surface area contributed by atoms with E-state index in [1.165, 1.54) is 0 Å². The molecule has 5 nitrogen and oxygen atoms in total. The maximum Gasteiger partial charge on any atom is 0.208 e. The third-order valence-corrected chi connectivity index (χ3v) is 3.07. The second-order valence-electron chi connectivity index (χ2n) is 2.32. The van der Waals surface area contributed by atoms with Crippen LogP contribution in [-0.4, -0.2) is 28.3 Å². The van der Waals surface area contributed by atoms with Gasteiger partial charge < -0.3 is 15.8 Å². The third-order valence-electron chi connectivity index (χ3n) is 1.11. The van der Waals surface area contributed by atoms with Crippen LogP contribution in [0.1, 0.15) is 13.3 Å². The second kappa shape index (κ2) is 4.36. The lowest BCUT2D eigenvalue weighted by atomic mass is 10.6. The van der Waals surface area contributed by atoms with Crippen LogP contribution in [0.25, 0.3) is 0 Å². The van der Waals surface area contributed by atoms with Gasteiger partial charge in [0.2, 0.25) is 7.37 Å². The van der Waals surface area contributed by atoms with Crippen molar-refractivity contribution in [1.82, 2.24) is 0 Å². The molecule has 6 heteroatoms. The molecule has 0 fully saturated rings. The first-order chi connectivity index (χ1) is 5.02. The molecule has 0 radical (unpaired) electrons. The number of nitrogens with zero attached hydrogens (tertiary/aromatic N) is 1. The first-order valence-electron chi connectivity index (χ1n) is 3.29. The first-order valence-corrected chi connectivity index (χ1v) is 5.32. The van der Waals surface area contributed by atoms with Gasteiger partial charge in [-0.25, -0.2) is 0 Å². The van der Waals surface area contributed by atoms with Crippen molar-refractivity contribution in [3.63, 3.8) is 0 Å². The van der Waals surface area contributed by atoms with Crippen molar-refractivity contribution in [3.05, 3.63) is 0 Å². The summed E-state index contributed by atoms with van der Waals surface area (Å²) in [4.78, 5) is 9.10. The van der Waals surface area contributed by atoms with Crippen LogP contribution in [0, 0.1) is 0 Å². The van der Waals surface area contributed by atoms with Gasteiger partial charge in [0, 0.05) is 6.16 Å². The van der Waals surface area contributed by atoms with Crippen LogP contribution in [0.2, 0.25) is 0 Å². The summed E-state index contributed by atoms with van der Waals surface area (Å²) in [5, 5.41) is 10.7. The number of oxime groups is 1. The second-order valence-corrected chi connectivity index (χ2v) is 4.78. The Hall–Kier alpha value is -0.540. The number of hydrogen-bond acceptors (Lipinski definition) is 3. The zero-order valence-electron chi connectivity index (χ0n) is 6.40. The molecule has 0 aromatic heterocycles. The summed E-state index contributed by atoms with van der Waals surface area (Å²) in [6, 6.07) is 0. The van der Waals surface area contributed by atoms with Crippen molar-refractivity contribution in [3.8, 4) is 0 Å². The first kappa shape index (κ1) is 10.5. The summed E-state index contributed by atoms with van der Waals surface area (Å²) < 4.78 is 11.1. The molecule has 0 aromatic rings. The SMILES string of the molecule is CCCP(=O)(O)CC(N)=NO. The predicted molar refractivity (Wildman–Crippen MR) is 43.3 cm³/mol. The lowest BCUT2D eigenvalue weighted by Crippen LogP contribution is -2.17. The molecule has 1 unspecified atom stereocenters. The minimum absolute atomic E-state index is 0.190. The zero-order chi connectivity index (χ0) is 8.91. The van der Waals surface area contributed by atoms with E-state index in [2.05, 4.69) is 5.16 Å². The van der Waals surface area contributed by atoms with E-state index >= 15 is 0 Å². The Morgan fingerprint density at radius 1 is 1.73 bits per heavy atom. The standard InChI is InChI=1S/C5H13N2O3P/c1-2-3-11(9,10)4-5(6)7-8/h8H,2-4H2,1H3,(H2,6,7)(H,9,10). The summed E-state index contributed by atoms with van der Waals surface area (Å²) in [7, 11) is -3.18. The molecule has 0 rings (SSSR count). The molecule has 0 aliphatic carbocycles. The fourth-order valence-electron chi connectivity index (χ4n) is 0.713. The summed E-state index contributed by atoms with van der Waals surface area (Å²) in [6.07, 6.45) is 0.604. The number of amidine groups is 1. The number of hydrogen-bond donors (Lipinski definition) is 3. The van der Waals surface area contributed by atoms with E-state index in [0.29, 0.717) is 6.42 Å². The Kier molecular flexibility index (Phi) is 4.15. The van der Waals surface area contributed by atoms with Gasteiger partial charge in [-0.1, -0.05) is 12.1 Å². The summed E-state index contributed by atoms with van der Waals surface area (Å²) in [5.41, 5.74) is 5.06. The van der Waals surface area contributed by atoms with Crippen LogP contribution in [0.15, 0.2) is 5.16 Å². The van der Waals surface area contributed by atoms with Crippen LogP contribution >= 0.6 is 7.37 Å². The van der Waals surface area contributed by atoms with Gasteiger partial charge in [0.1, 0.15) is 5.84 Å². The third kappa shape index (κ3) is 4.81. The molecule has 0 amide bonds. The van der Waals surface area contributed by atoms with Crippen molar-refractivity contribution < 1.29 is 14.7 Å². The average molecular weight is 180 g/mol. The molecule has 0 bridgehead atoms. The molecule has 66 valence electrons. The van der Waals surface area contributed by atoms with Gasteiger partial charge in [-0.2, -0.15) is 0 Å². The number of nitrogens with two attached hydrogens (primary N) is 1. The molecule has 0 heterocycles. The van der Waals surface area contributed by atoms with Gasteiger partial charge in [-0.15, -0.1) is 0 Å². The quantitative estimate of drug-likeness (QED) is 0.192. The lowest BCUT2D eigenvalue weighted by Gasteiger charge is -2.07. The minimum atomic E-state index is -3.18. The molecule has 0 aliphatic rings. The Morgan fingerprint density at radius 2 is 2.27 bits per heavy atom. The van der Waals surface area contributed by atoms with Gasteiger partial charge in [-0.3, -0.25) is 4.57 Å². The van der Waals surface area contributed by atoms with E-state index in [1.54, 1.807) is 6.92 Å². The van der Waals surface area contributed by atoms with E-state index < -0.39 is 7.37 Å². The summed E-state index contributed by atoms with van der Waals surface area (Å²) in [5.74, 6) is -0.190. The Labute approximate surface area is 65.4 Å². The van der Waals surface area contributed by atoms with Gasteiger partial charge in [0.25, 0.3) is 0 Å². The van der Waals surface area contributed by atoms with Crippen molar-refractivity contribution in [2.75, 3.05) is 12.3 Å². The Balaban J connectivity index is 4.02. The van der Waals surface area contributed by atoms with Crippen LogP contribution in [0.3, 0.4) is 0 Å². The van der Waals surface area contributed by atoms with Crippen molar-refractivity contribution in [2.45, 2.75) is 13.3 Å². The van der Waals surface area contributed by atoms with Crippen LogP contribution < -0.4 is 5.73 Å². The van der Waals surface area contributed by atoms with Gasteiger partial charge in [0.05, 0.1) is 6.16 Å². The topological polar surface area (TPSA) is 95.9 Å². The van der Waals surface area contributed by atoms with Crippen molar-refractivity contribution >= 4 is 13.2 Å². The minimum Gasteiger partial charge on any atom is -0.409 e. The van der Waals surface area contributed by atoms with Gasteiger partial charge in [0.15, 0.2) is 0 Å². The van der Waals surface area contributed by atoms with Crippen LogP contribution in [0.5, 0.6) is 0 Å². The smallest absolute Gasteiger partial charge is 0.208 e. The maximum absolute atomic E-state index is 11.1. The van der Waals surface area contributed by atoms with E-state index in [0.717, 1.165) is 0 Å². The zero-order valence-corrected chi connectivity index (χ0v) is 7.29. The number of rotatable bonds is 4. The van der Waals surface area contributed by atoms with Crippen LogP contribution in [-0.2, 0) is 4.57 Å². The molecule has 0 saturated carbocycles. The lowest BCUT2D eigenvalue weighted by molar-refractivity contribution is 0.318. The van der Waals surface area contributed by atoms with Crippen molar-refractivity contribution in [2.24, 2.45) is 10.9 Å². The highest BCUT2D eigenvalue weighted by molar-refractivity contribution is 7.58. The molecule has 4 N–H and O–H groups in total. The molecule has 0 aliphatic heterocycles. The highest BCUT2D eigenvalue weighted by Crippen LogP contribution is 2.40. The highest BCUT2D eigenvalue weighted by atomic mass is 31.2. The molecular weight excluding hydrogens is 167 g/mol. The van der Waals surface area contributed by atoms with Gasteiger partial charge >= 0.3 is 0 Å². The maximum atomic E-state index is 11.1. The fraction of sp³-hybridized carbons (Fsp3) is 0.800. The Bertz CT molecular complexity index is 192. The molecule has 11 heavy (non-hydrogen) atoms. The Morgan fingerprint density at radius 3 is 2.64 bits per heavy atom. The van der Waals surface area contributed by atoms with E-state index in [9.17, 15) is 4.57 Å². The van der Waals surface area contributed by atoms with Gasteiger partial charge in [-0.05, 0) is 6.42 Å². The van der Waals surface area contributed by atoms with Crippen molar-refractivity contribution in [1.29, 1.82) is 0 Å².